The summed E-state index contributed by atoms with van der Waals surface area (Å²) >= 11 is 0. The number of carbonyl (C=O) groups excluding carboxylic acids is 1. The van der Waals surface area contributed by atoms with Crippen molar-refractivity contribution < 1.29 is 24.2 Å². The second-order valence-electron chi connectivity index (χ2n) is 7.85. The van der Waals surface area contributed by atoms with Gasteiger partial charge in [-0.3, -0.25) is 4.79 Å². The zero-order valence-electron chi connectivity index (χ0n) is 18.7. The molecule has 0 spiro atoms. The van der Waals surface area contributed by atoms with E-state index >= 15 is 0 Å². The van der Waals surface area contributed by atoms with Crippen LogP contribution in [-0.4, -0.2) is 64.8 Å². The highest BCUT2D eigenvalue weighted by atomic mass is 16.6. The maximum Gasteiger partial charge on any atom is 0.415 e. The predicted molar refractivity (Wildman–Crippen MR) is 125 cm³/mol. The Morgan fingerprint density at radius 3 is 2.32 bits per heavy atom. The third kappa shape index (κ3) is 6.44. The van der Waals surface area contributed by atoms with Gasteiger partial charge in [0, 0.05) is 51.1 Å². The number of anilines is 1. The zero-order chi connectivity index (χ0) is 23.8. The van der Waals surface area contributed by atoms with E-state index in [4.69, 9.17) is 14.6 Å². The number of aromatic nitrogens is 2. The SMILES string of the molecule is O=C(O)Cc1ccc(N2CCN(C(=O)Oc3ccc(CCOc4ccccn4)cc3)CC2)nc1. The number of carbonyl (C=O) groups is 2. The average Bonchev–Trinajstić information content (AvgIpc) is 2.86. The lowest BCUT2D eigenvalue weighted by Crippen LogP contribution is -2.49. The van der Waals surface area contributed by atoms with Gasteiger partial charge in [-0.05, 0) is 35.4 Å². The average molecular weight is 463 g/mol. The van der Waals surface area contributed by atoms with Gasteiger partial charge in [0.25, 0.3) is 0 Å². The van der Waals surface area contributed by atoms with E-state index in [1.54, 1.807) is 35.5 Å². The van der Waals surface area contributed by atoms with E-state index in [9.17, 15) is 9.59 Å². The molecule has 0 bridgehead atoms. The number of piperazine rings is 1. The number of hydrogen-bond acceptors (Lipinski definition) is 7. The minimum Gasteiger partial charge on any atom is -0.481 e. The number of aliphatic carboxylic acids is 1. The summed E-state index contributed by atoms with van der Waals surface area (Å²) < 4.78 is 11.1. The van der Waals surface area contributed by atoms with Crippen molar-refractivity contribution >= 4 is 17.9 Å². The van der Waals surface area contributed by atoms with E-state index in [-0.39, 0.29) is 12.5 Å². The molecule has 1 N–H and O–H groups in total. The Balaban J connectivity index is 1.21. The van der Waals surface area contributed by atoms with Gasteiger partial charge in [0.05, 0.1) is 13.0 Å². The summed E-state index contributed by atoms with van der Waals surface area (Å²) in [5, 5.41) is 8.86. The molecule has 9 nitrogen and oxygen atoms in total. The molecule has 0 radical (unpaired) electrons. The molecule has 176 valence electrons. The number of benzene rings is 1. The number of carboxylic acid groups (broad SMARTS) is 1. The first-order valence-electron chi connectivity index (χ1n) is 11.1. The van der Waals surface area contributed by atoms with Crippen LogP contribution in [0.25, 0.3) is 0 Å². The summed E-state index contributed by atoms with van der Waals surface area (Å²) in [6.07, 6.45) is 3.57. The molecule has 9 heteroatoms. The lowest BCUT2D eigenvalue weighted by atomic mass is 10.1. The molecule has 34 heavy (non-hydrogen) atoms. The molecule has 1 saturated heterocycles. The summed E-state index contributed by atoms with van der Waals surface area (Å²) in [4.78, 5) is 35.6. The number of nitrogens with zero attached hydrogens (tertiary/aromatic N) is 4. The van der Waals surface area contributed by atoms with E-state index in [1.165, 1.54) is 0 Å². The van der Waals surface area contributed by atoms with Crippen LogP contribution in [0.5, 0.6) is 11.6 Å². The predicted octanol–water partition coefficient (Wildman–Crippen LogP) is 3.05. The topological polar surface area (TPSA) is 105 Å². The molecule has 4 rings (SSSR count). The van der Waals surface area contributed by atoms with Crippen molar-refractivity contribution in [3.05, 3.63) is 78.1 Å². The third-order valence-electron chi connectivity index (χ3n) is 5.43. The molecule has 2 aromatic heterocycles. The van der Waals surface area contributed by atoms with Gasteiger partial charge in [-0.15, -0.1) is 0 Å². The Morgan fingerprint density at radius 1 is 0.912 bits per heavy atom. The first kappa shape index (κ1) is 23.0. The number of carboxylic acids is 1. The highest BCUT2D eigenvalue weighted by Crippen LogP contribution is 2.17. The summed E-state index contributed by atoms with van der Waals surface area (Å²) in [5.41, 5.74) is 1.73. The fraction of sp³-hybridized carbons (Fsp3) is 0.280. The summed E-state index contributed by atoms with van der Waals surface area (Å²) in [5.74, 6) is 0.979. The van der Waals surface area contributed by atoms with Crippen LogP contribution in [0.4, 0.5) is 10.6 Å². The molecule has 0 atom stereocenters. The second kappa shape index (κ2) is 11.1. The van der Waals surface area contributed by atoms with Gasteiger partial charge >= 0.3 is 12.1 Å². The van der Waals surface area contributed by atoms with E-state index in [0.717, 1.165) is 17.8 Å². The van der Waals surface area contributed by atoms with Crippen LogP contribution in [0.3, 0.4) is 0 Å². The van der Waals surface area contributed by atoms with Crippen LogP contribution in [0.1, 0.15) is 11.1 Å². The van der Waals surface area contributed by atoms with Crippen molar-refractivity contribution in [3.8, 4) is 11.6 Å². The van der Waals surface area contributed by atoms with E-state index in [0.29, 0.717) is 50.0 Å². The van der Waals surface area contributed by atoms with Gasteiger partial charge in [-0.2, -0.15) is 0 Å². The maximum atomic E-state index is 12.6. The van der Waals surface area contributed by atoms with E-state index in [1.807, 2.05) is 36.4 Å². The van der Waals surface area contributed by atoms with E-state index in [2.05, 4.69) is 14.9 Å². The molecule has 1 aromatic carbocycles. The van der Waals surface area contributed by atoms with Gasteiger partial charge in [0.2, 0.25) is 5.88 Å². The molecular weight excluding hydrogens is 436 g/mol. The minimum absolute atomic E-state index is 0.0488. The standard InChI is InChI=1S/C25H26N4O5/c30-24(31)17-20-6-9-22(27-18-20)28-12-14-29(15-13-28)25(32)34-21-7-4-19(5-8-21)10-16-33-23-3-1-2-11-26-23/h1-9,11,18H,10,12-17H2,(H,30,31). The summed E-state index contributed by atoms with van der Waals surface area (Å²) in [6, 6.07) is 16.5. The smallest absolute Gasteiger partial charge is 0.415 e. The Hall–Kier alpha value is -4.14. The monoisotopic (exact) mass is 462 g/mol. The van der Waals surface area contributed by atoms with E-state index < -0.39 is 5.97 Å². The summed E-state index contributed by atoms with van der Waals surface area (Å²) in [6.45, 7) is 2.78. The van der Waals surface area contributed by atoms with Crippen molar-refractivity contribution in [2.75, 3.05) is 37.7 Å². The van der Waals surface area contributed by atoms with Gasteiger partial charge < -0.3 is 24.4 Å². The van der Waals surface area contributed by atoms with Crippen molar-refractivity contribution in [2.45, 2.75) is 12.8 Å². The molecule has 1 amide bonds. The molecule has 0 saturated carbocycles. The lowest BCUT2D eigenvalue weighted by molar-refractivity contribution is -0.136. The molecule has 3 aromatic rings. The van der Waals surface area contributed by atoms with Crippen LogP contribution < -0.4 is 14.4 Å². The van der Waals surface area contributed by atoms with Crippen LogP contribution >= 0.6 is 0 Å². The number of rotatable bonds is 8. The van der Waals surface area contributed by atoms with Crippen molar-refractivity contribution in [1.82, 2.24) is 14.9 Å². The Bertz CT molecular complexity index is 1080. The molecular formula is C25H26N4O5. The van der Waals surface area contributed by atoms with Gasteiger partial charge in [0.15, 0.2) is 0 Å². The van der Waals surface area contributed by atoms with Crippen molar-refractivity contribution in [2.24, 2.45) is 0 Å². The largest absolute Gasteiger partial charge is 0.481 e. The highest BCUT2D eigenvalue weighted by molar-refractivity contribution is 5.71. The van der Waals surface area contributed by atoms with Gasteiger partial charge in [-0.1, -0.05) is 24.3 Å². The first-order valence-corrected chi connectivity index (χ1v) is 11.1. The molecule has 3 heterocycles. The highest BCUT2D eigenvalue weighted by Gasteiger charge is 2.23. The van der Waals surface area contributed by atoms with Crippen molar-refractivity contribution in [1.29, 1.82) is 0 Å². The molecule has 1 aliphatic rings. The number of ether oxygens (including phenoxy) is 2. The second-order valence-corrected chi connectivity index (χ2v) is 7.85. The number of hydrogen-bond donors (Lipinski definition) is 1. The van der Waals surface area contributed by atoms with Gasteiger partial charge in [0.1, 0.15) is 11.6 Å². The van der Waals surface area contributed by atoms with Crippen molar-refractivity contribution in [3.63, 3.8) is 0 Å². The minimum atomic E-state index is -0.883. The normalized spacial score (nSPS) is 13.4. The third-order valence-corrected chi connectivity index (χ3v) is 5.43. The number of pyridine rings is 2. The molecule has 1 aliphatic heterocycles. The lowest BCUT2D eigenvalue weighted by Gasteiger charge is -2.34. The zero-order valence-corrected chi connectivity index (χ0v) is 18.7. The maximum absolute atomic E-state index is 12.6. The van der Waals surface area contributed by atoms with Crippen LogP contribution in [0, 0.1) is 0 Å². The molecule has 0 unspecified atom stereocenters. The quantitative estimate of drug-likeness (QED) is 0.545. The first-order chi connectivity index (χ1) is 16.6. The fourth-order valence-electron chi connectivity index (χ4n) is 3.60. The fourth-order valence-corrected chi connectivity index (χ4v) is 3.60. The van der Waals surface area contributed by atoms with Crippen LogP contribution in [0.15, 0.2) is 67.0 Å². The summed E-state index contributed by atoms with van der Waals surface area (Å²) in [7, 11) is 0. The molecule has 1 fully saturated rings. The Kier molecular flexibility index (Phi) is 7.54. The Labute approximate surface area is 197 Å². The van der Waals surface area contributed by atoms with Crippen LogP contribution in [-0.2, 0) is 17.6 Å². The number of amides is 1. The molecule has 0 aliphatic carbocycles. The van der Waals surface area contributed by atoms with Crippen LogP contribution in [0.2, 0.25) is 0 Å². The van der Waals surface area contributed by atoms with Gasteiger partial charge in [-0.25, -0.2) is 14.8 Å². The Morgan fingerprint density at radius 2 is 1.68 bits per heavy atom.